The first-order chi connectivity index (χ1) is 48.3. The minimum absolute atomic E-state index is 0.105. The molecule has 0 aromatic heterocycles. The van der Waals surface area contributed by atoms with Crippen molar-refractivity contribution in [1.82, 2.24) is 0 Å². The number of aliphatic hydroxyl groups is 1. The van der Waals surface area contributed by atoms with E-state index < -0.39 is 97.5 Å². The molecule has 6 atom stereocenters. The van der Waals surface area contributed by atoms with Crippen molar-refractivity contribution in [2.75, 3.05) is 39.6 Å². The summed E-state index contributed by atoms with van der Waals surface area (Å²) in [5.41, 5.74) is 0. The van der Waals surface area contributed by atoms with Gasteiger partial charge >= 0.3 is 39.5 Å². The highest BCUT2D eigenvalue weighted by molar-refractivity contribution is 7.47. The van der Waals surface area contributed by atoms with Gasteiger partial charge in [0.2, 0.25) is 0 Å². The smallest absolute Gasteiger partial charge is 0.462 e. The quantitative estimate of drug-likeness (QED) is 0.0222. The summed E-state index contributed by atoms with van der Waals surface area (Å²) in [6.07, 6.45) is 59.8. The molecule has 0 aliphatic heterocycles. The van der Waals surface area contributed by atoms with Gasteiger partial charge < -0.3 is 33.8 Å². The third kappa shape index (κ3) is 73.0. The van der Waals surface area contributed by atoms with E-state index in [9.17, 15) is 43.2 Å². The lowest BCUT2D eigenvalue weighted by atomic mass is 9.99. The van der Waals surface area contributed by atoms with Crippen LogP contribution in [0.15, 0.2) is 0 Å². The van der Waals surface area contributed by atoms with E-state index in [2.05, 4.69) is 48.5 Å². The molecule has 0 saturated heterocycles. The van der Waals surface area contributed by atoms with Crippen molar-refractivity contribution in [3.05, 3.63) is 0 Å². The Kier molecular flexibility index (Phi) is 69.9. The molecule has 594 valence electrons. The van der Waals surface area contributed by atoms with Gasteiger partial charge in [-0.3, -0.25) is 37.3 Å². The predicted molar refractivity (Wildman–Crippen MR) is 409 cm³/mol. The maximum atomic E-state index is 13.1. The summed E-state index contributed by atoms with van der Waals surface area (Å²) in [6, 6.07) is 0. The van der Waals surface area contributed by atoms with Crippen LogP contribution in [0.5, 0.6) is 0 Å². The molecule has 17 nitrogen and oxygen atoms in total. The van der Waals surface area contributed by atoms with Gasteiger partial charge in [0.25, 0.3) is 0 Å². The summed E-state index contributed by atoms with van der Waals surface area (Å²) < 4.78 is 68.7. The highest BCUT2D eigenvalue weighted by Gasteiger charge is 2.30. The lowest BCUT2D eigenvalue weighted by Gasteiger charge is -2.21. The molecule has 0 saturated carbocycles. The minimum Gasteiger partial charge on any atom is -0.462 e. The average Bonchev–Trinajstić information content (AvgIpc) is 0.922. The van der Waals surface area contributed by atoms with E-state index in [1.165, 1.54) is 225 Å². The van der Waals surface area contributed by atoms with Crippen LogP contribution in [0.4, 0.5) is 0 Å². The van der Waals surface area contributed by atoms with Crippen LogP contribution >= 0.6 is 15.6 Å². The van der Waals surface area contributed by atoms with E-state index in [1.807, 2.05) is 0 Å². The minimum atomic E-state index is -4.96. The predicted octanol–water partition coefficient (Wildman–Crippen LogP) is 24.1. The summed E-state index contributed by atoms with van der Waals surface area (Å²) >= 11 is 0. The Hall–Kier alpha value is -1.94. The van der Waals surface area contributed by atoms with E-state index in [0.717, 1.165) is 108 Å². The number of phosphoric acid groups is 2. The second-order valence-electron chi connectivity index (χ2n) is 30.4. The number of hydrogen-bond donors (Lipinski definition) is 3. The van der Waals surface area contributed by atoms with Gasteiger partial charge in [0.15, 0.2) is 12.2 Å². The van der Waals surface area contributed by atoms with Gasteiger partial charge in [0, 0.05) is 25.7 Å². The van der Waals surface area contributed by atoms with E-state index in [4.69, 9.17) is 37.0 Å². The highest BCUT2D eigenvalue weighted by Crippen LogP contribution is 2.45. The number of rotatable bonds is 79. The van der Waals surface area contributed by atoms with E-state index in [0.29, 0.717) is 31.6 Å². The van der Waals surface area contributed by atoms with Gasteiger partial charge in [0.05, 0.1) is 26.4 Å². The maximum Gasteiger partial charge on any atom is 0.472 e. The average molecular weight is 1470 g/mol. The van der Waals surface area contributed by atoms with Crippen molar-refractivity contribution in [2.24, 2.45) is 17.8 Å². The molecule has 0 radical (unpaired) electrons. The summed E-state index contributed by atoms with van der Waals surface area (Å²) in [5, 5.41) is 10.6. The van der Waals surface area contributed by atoms with Gasteiger partial charge in [-0.05, 0) is 43.4 Å². The fourth-order valence-corrected chi connectivity index (χ4v) is 14.0. The zero-order valence-electron chi connectivity index (χ0n) is 65.7. The van der Waals surface area contributed by atoms with E-state index >= 15 is 0 Å². The van der Waals surface area contributed by atoms with Crippen molar-refractivity contribution in [1.29, 1.82) is 0 Å². The number of esters is 4. The number of ether oxygens (including phenoxy) is 4. The molecule has 0 spiro atoms. The molecule has 0 aliphatic carbocycles. The Balaban J connectivity index is 5.22. The Morgan fingerprint density at radius 1 is 0.290 bits per heavy atom. The number of carbonyl (C=O) groups excluding carboxylic acids is 4. The topological polar surface area (TPSA) is 237 Å². The van der Waals surface area contributed by atoms with Gasteiger partial charge in [-0.15, -0.1) is 0 Å². The molecule has 0 aromatic carbocycles. The first kappa shape index (κ1) is 98.1. The number of carbonyl (C=O) groups is 4. The number of hydrogen-bond acceptors (Lipinski definition) is 15. The van der Waals surface area contributed by atoms with Gasteiger partial charge in [0.1, 0.15) is 19.3 Å². The van der Waals surface area contributed by atoms with Crippen LogP contribution in [0.3, 0.4) is 0 Å². The normalized spacial score (nSPS) is 14.2. The fraction of sp³-hybridized carbons (Fsp3) is 0.951. The lowest BCUT2D eigenvalue weighted by molar-refractivity contribution is -0.161. The van der Waals surface area contributed by atoms with Crippen LogP contribution in [0, 0.1) is 17.8 Å². The van der Waals surface area contributed by atoms with Crippen LogP contribution in [0.25, 0.3) is 0 Å². The molecule has 0 heterocycles. The Labute approximate surface area is 613 Å². The molecule has 0 bridgehead atoms. The molecule has 0 amide bonds. The number of aliphatic hydroxyl groups excluding tert-OH is 1. The molecular weight excluding hydrogens is 1310 g/mol. The SMILES string of the molecule is CCCCCCCCCCCCCCCCCCCCCCC(=O)O[C@H](COC(=O)CCCCCCCCCCCCCCCCC(C)C)COP(=O)(O)OC[C@@H](O)COP(=O)(O)OC[C@@H](COC(=O)CCCCCCCCC(C)C)OC(=O)CCCCCCCCCCCCC(C)CC. The third-order valence-corrected chi connectivity index (χ3v) is 21.1. The summed E-state index contributed by atoms with van der Waals surface area (Å²) in [5.74, 6) is 0.168. The van der Waals surface area contributed by atoms with Gasteiger partial charge in [-0.25, -0.2) is 9.13 Å². The zero-order chi connectivity index (χ0) is 73.7. The first-order valence-electron chi connectivity index (χ1n) is 41.9. The van der Waals surface area contributed by atoms with Crippen molar-refractivity contribution in [3.63, 3.8) is 0 Å². The van der Waals surface area contributed by atoms with Crippen molar-refractivity contribution >= 4 is 39.5 Å². The molecule has 0 aromatic rings. The van der Waals surface area contributed by atoms with Crippen molar-refractivity contribution in [3.8, 4) is 0 Å². The van der Waals surface area contributed by atoms with Crippen LogP contribution < -0.4 is 0 Å². The molecule has 0 fully saturated rings. The van der Waals surface area contributed by atoms with E-state index in [-0.39, 0.29) is 25.7 Å². The first-order valence-corrected chi connectivity index (χ1v) is 44.9. The van der Waals surface area contributed by atoms with Crippen LogP contribution in [-0.2, 0) is 65.4 Å². The summed E-state index contributed by atoms with van der Waals surface area (Å²) in [6.45, 7) is 11.9. The molecule has 0 rings (SSSR count). The van der Waals surface area contributed by atoms with Crippen LogP contribution in [-0.4, -0.2) is 96.7 Å². The largest absolute Gasteiger partial charge is 0.472 e. The van der Waals surface area contributed by atoms with Crippen LogP contribution in [0.2, 0.25) is 0 Å². The van der Waals surface area contributed by atoms with Crippen molar-refractivity contribution in [2.45, 2.75) is 439 Å². The van der Waals surface area contributed by atoms with Gasteiger partial charge in [-0.1, -0.05) is 370 Å². The Morgan fingerprint density at radius 3 is 0.760 bits per heavy atom. The maximum absolute atomic E-state index is 13.1. The summed E-state index contributed by atoms with van der Waals surface area (Å²) in [7, 11) is -9.92. The number of phosphoric ester groups is 2. The molecule has 0 aliphatic rings. The zero-order valence-corrected chi connectivity index (χ0v) is 67.5. The number of unbranched alkanes of at least 4 members (excludes halogenated alkanes) is 46. The highest BCUT2D eigenvalue weighted by atomic mass is 31.2. The Morgan fingerprint density at radius 2 is 0.510 bits per heavy atom. The second-order valence-corrected chi connectivity index (χ2v) is 33.3. The molecule has 100 heavy (non-hydrogen) atoms. The second kappa shape index (κ2) is 71.3. The molecule has 3 unspecified atom stereocenters. The monoisotopic (exact) mass is 1470 g/mol. The van der Waals surface area contributed by atoms with Gasteiger partial charge in [-0.2, -0.15) is 0 Å². The van der Waals surface area contributed by atoms with Crippen LogP contribution in [0.1, 0.15) is 421 Å². The Bertz CT molecular complexity index is 1940. The summed E-state index contributed by atoms with van der Waals surface area (Å²) in [4.78, 5) is 73.0. The third-order valence-electron chi connectivity index (χ3n) is 19.2. The standard InChI is InChI=1S/C81H158O17P2/c1-8-10-11-12-13-14-15-16-17-18-19-20-21-22-27-30-36-41-50-57-64-80(85)97-76(68-91-78(83)62-55-48-40-35-29-26-24-23-25-28-33-38-45-52-59-72(3)4)70-95-99(87,88)93-66-75(82)67-94-100(89,90)96-71-77(69-92-79(84)63-56-49-44-43-46-53-60-73(5)6)98-81(86)65-58-51-42-37-32-31-34-39-47-54-61-74(7)9-2/h72-77,82H,8-71H2,1-7H3,(H,87,88)(H,89,90)/t74?,75-,76-,77-/m1/s1. The van der Waals surface area contributed by atoms with Crippen molar-refractivity contribution < 1.29 is 80.2 Å². The fourth-order valence-electron chi connectivity index (χ4n) is 12.5. The molecular formula is C81H158O17P2. The van der Waals surface area contributed by atoms with E-state index in [1.54, 1.807) is 0 Å². The molecule has 19 heteroatoms. The molecule has 3 N–H and O–H groups in total. The lowest BCUT2D eigenvalue weighted by Crippen LogP contribution is -2.30.